The molecule has 1 aliphatic rings. The van der Waals surface area contributed by atoms with Gasteiger partial charge in [-0.15, -0.1) is 0 Å². The van der Waals surface area contributed by atoms with Crippen LogP contribution in [-0.2, 0) is 15.8 Å². The Morgan fingerprint density at radius 2 is 1.84 bits per heavy atom. The topological polar surface area (TPSA) is 53.5 Å². The standard InChI is InChI=1S/C12H13F3N2O.C8H6ClF2NO/c1-7-5-9(12(13,14)15)6-10(16-7)17-8(2)3-4-11(17)18;1-12(4-13)8-2-5(9)6(10)3-7(8)11/h5-6,8H,3-4H2,1-2H3;2-4H,1H3. The van der Waals surface area contributed by atoms with Gasteiger partial charge in [0.25, 0.3) is 0 Å². The van der Waals surface area contributed by atoms with Crippen molar-refractivity contribution in [3.05, 3.63) is 52.2 Å². The molecule has 2 aromatic rings. The Morgan fingerprint density at radius 3 is 2.35 bits per heavy atom. The molecule has 2 heterocycles. The third-order valence-corrected chi connectivity index (χ3v) is 4.82. The highest BCUT2D eigenvalue weighted by atomic mass is 35.5. The molecule has 31 heavy (non-hydrogen) atoms. The highest BCUT2D eigenvalue weighted by molar-refractivity contribution is 6.31. The van der Waals surface area contributed by atoms with Gasteiger partial charge in [0.15, 0.2) is 0 Å². The van der Waals surface area contributed by atoms with Gasteiger partial charge in [-0.3, -0.25) is 14.5 Å². The van der Waals surface area contributed by atoms with Crippen LogP contribution in [0.5, 0.6) is 0 Å². The average molecular weight is 464 g/mol. The maximum absolute atomic E-state index is 13.0. The Balaban J connectivity index is 0.000000233. The van der Waals surface area contributed by atoms with Crippen LogP contribution >= 0.6 is 11.6 Å². The molecule has 0 N–H and O–H groups in total. The molecule has 3 rings (SSSR count). The summed E-state index contributed by atoms with van der Waals surface area (Å²) >= 11 is 5.40. The number of amides is 2. The van der Waals surface area contributed by atoms with Crippen molar-refractivity contribution < 1.29 is 31.5 Å². The molecule has 168 valence electrons. The van der Waals surface area contributed by atoms with Crippen LogP contribution < -0.4 is 9.80 Å². The lowest BCUT2D eigenvalue weighted by molar-refractivity contribution is -0.137. The second-order valence-corrected chi connectivity index (χ2v) is 7.35. The molecule has 0 radical (unpaired) electrons. The van der Waals surface area contributed by atoms with Gasteiger partial charge in [0.05, 0.1) is 16.3 Å². The number of benzene rings is 1. The number of halogens is 6. The number of pyridine rings is 1. The first-order valence-corrected chi connectivity index (χ1v) is 9.43. The zero-order valence-corrected chi connectivity index (χ0v) is 17.6. The second kappa shape index (κ2) is 9.59. The Labute approximate surface area is 180 Å². The van der Waals surface area contributed by atoms with E-state index in [1.165, 1.54) is 18.9 Å². The van der Waals surface area contributed by atoms with Crippen molar-refractivity contribution in [3.8, 4) is 0 Å². The average Bonchev–Trinajstić information content (AvgIpc) is 3.01. The number of aromatic nitrogens is 1. The summed E-state index contributed by atoms with van der Waals surface area (Å²) in [6.45, 7) is 3.30. The van der Waals surface area contributed by atoms with Crippen LogP contribution in [0.4, 0.5) is 33.5 Å². The summed E-state index contributed by atoms with van der Waals surface area (Å²) in [5.74, 6) is -1.75. The largest absolute Gasteiger partial charge is 0.416 e. The number of aryl methyl sites for hydroxylation is 1. The van der Waals surface area contributed by atoms with E-state index in [0.717, 1.165) is 23.1 Å². The van der Waals surface area contributed by atoms with E-state index in [-0.39, 0.29) is 34.2 Å². The van der Waals surface area contributed by atoms with Crippen molar-refractivity contribution in [2.45, 2.75) is 38.9 Å². The number of rotatable bonds is 3. The smallest absolute Gasteiger partial charge is 0.315 e. The van der Waals surface area contributed by atoms with Gasteiger partial charge in [-0.25, -0.2) is 13.8 Å². The molecule has 0 spiro atoms. The van der Waals surface area contributed by atoms with Crippen LogP contribution in [-0.4, -0.2) is 30.4 Å². The molecule has 2 amide bonds. The lowest BCUT2D eigenvalue weighted by Crippen LogP contribution is -2.31. The van der Waals surface area contributed by atoms with Crippen molar-refractivity contribution in [1.29, 1.82) is 0 Å². The fourth-order valence-corrected chi connectivity index (χ4v) is 3.12. The first kappa shape index (κ1) is 24.5. The molecular weight excluding hydrogens is 445 g/mol. The van der Waals surface area contributed by atoms with Crippen molar-refractivity contribution in [1.82, 2.24) is 4.98 Å². The van der Waals surface area contributed by atoms with E-state index in [4.69, 9.17) is 11.6 Å². The van der Waals surface area contributed by atoms with Crippen molar-refractivity contribution in [2.75, 3.05) is 16.8 Å². The third-order valence-electron chi connectivity index (χ3n) is 4.53. The minimum Gasteiger partial charge on any atom is -0.315 e. The molecule has 1 unspecified atom stereocenters. The van der Waals surface area contributed by atoms with Crippen LogP contribution in [0, 0.1) is 18.6 Å². The van der Waals surface area contributed by atoms with Crippen LogP contribution in [0.3, 0.4) is 0 Å². The number of anilines is 2. The van der Waals surface area contributed by atoms with Gasteiger partial charge in [0, 0.05) is 31.3 Å². The predicted octanol–water partition coefficient (Wildman–Crippen LogP) is 5.13. The quantitative estimate of drug-likeness (QED) is 0.360. The first-order valence-electron chi connectivity index (χ1n) is 9.05. The van der Waals surface area contributed by atoms with Crippen LogP contribution in [0.25, 0.3) is 0 Å². The fourth-order valence-electron chi connectivity index (χ4n) is 2.96. The second-order valence-electron chi connectivity index (χ2n) is 6.94. The summed E-state index contributed by atoms with van der Waals surface area (Å²) in [5.41, 5.74) is -0.565. The number of nitrogens with zero attached hydrogens (tertiary/aromatic N) is 3. The number of carbonyl (C=O) groups is 2. The van der Waals surface area contributed by atoms with Crippen molar-refractivity contribution >= 4 is 35.4 Å². The molecule has 1 atom stereocenters. The van der Waals surface area contributed by atoms with Gasteiger partial charge in [0.2, 0.25) is 12.3 Å². The van der Waals surface area contributed by atoms with Crippen molar-refractivity contribution in [2.24, 2.45) is 0 Å². The molecule has 1 fully saturated rings. The van der Waals surface area contributed by atoms with Gasteiger partial charge in [-0.2, -0.15) is 13.2 Å². The first-order chi connectivity index (χ1) is 14.3. The van der Waals surface area contributed by atoms with Gasteiger partial charge in [0.1, 0.15) is 17.5 Å². The molecule has 1 aliphatic heterocycles. The van der Waals surface area contributed by atoms with Crippen LogP contribution in [0.1, 0.15) is 31.0 Å². The lowest BCUT2D eigenvalue weighted by Gasteiger charge is -2.22. The minimum atomic E-state index is -4.42. The fraction of sp³-hybridized carbons (Fsp3) is 0.350. The van der Waals surface area contributed by atoms with Gasteiger partial charge in [-0.05, 0) is 38.5 Å². The number of hydrogen-bond donors (Lipinski definition) is 0. The summed E-state index contributed by atoms with van der Waals surface area (Å²) < 4.78 is 63.7. The molecular formula is C20H19ClF5N3O2. The zero-order chi connectivity index (χ0) is 23.5. The highest BCUT2D eigenvalue weighted by Crippen LogP contribution is 2.33. The van der Waals surface area contributed by atoms with E-state index in [2.05, 4.69) is 4.98 Å². The Kier molecular flexibility index (Phi) is 7.58. The van der Waals surface area contributed by atoms with Gasteiger partial charge in [-0.1, -0.05) is 11.6 Å². The molecule has 0 saturated carbocycles. The number of hydrogen-bond acceptors (Lipinski definition) is 3. The molecule has 1 saturated heterocycles. The van der Waals surface area contributed by atoms with E-state index in [0.29, 0.717) is 25.3 Å². The Morgan fingerprint density at radius 1 is 1.19 bits per heavy atom. The summed E-state index contributed by atoms with van der Waals surface area (Å²) in [5, 5.41) is -0.217. The monoisotopic (exact) mass is 463 g/mol. The van der Waals surface area contributed by atoms with Crippen LogP contribution in [0.15, 0.2) is 24.3 Å². The Hall–Kier alpha value is -2.75. The summed E-state index contributed by atoms with van der Waals surface area (Å²) in [4.78, 5) is 28.3. The Bertz CT molecular complexity index is 984. The summed E-state index contributed by atoms with van der Waals surface area (Å²) in [6.07, 6.45) is -3.00. The van der Waals surface area contributed by atoms with E-state index >= 15 is 0 Å². The molecule has 0 aliphatic carbocycles. The van der Waals surface area contributed by atoms with Crippen LogP contribution in [0.2, 0.25) is 5.02 Å². The molecule has 1 aromatic heterocycles. The zero-order valence-electron chi connectivity index (χ0n) is 16.8. The van der Waals surface area contributed by atoms with E-state index in [1.807, 2.05) is 6.92 Å². The van der Waals surface area contributed by atoms with E-state index < -0.39 is 23.4 Å². The molecule has 0 bridgehead atoms. The number of carbonyl (C=O) groups excluding carboxylic acids is 2. The molecule has 5 nitrogen and oxygen atoms in total. The maximum atomic E-state index is 13.0. The SMILES string of the molecule is CN(C=O)c1cc(Cl)c(F)cc1F.Cc1cc(C(F)(F)F)cc(N2C(=O)CCC2C)n1. The van der Waals surface area contributed by atoms with Gasteiger partial charge < -0.3 is 4.90 Å². The van der Waals surface area contributed by atoms with Crippen molar-refractivity contribution in [3.63, 3.8) is 0 Å². The third kappa shape index (κ3) is 5.90. The summed E-state index contributed by atoms with van der Waals surface area (Å²) in [6, 6.07) is 3.51. The summed E-state index contributed by atoms with van der Waals surface area (Å²) in [7, 11) is 1.35. The maximum Gasteiger partial charge on any atom is 0.416 e. The van der Waals surface area contributed by atoms with E-state index in [1.54, 1.807) is 0 Å². The number of alkyl halides is 3. The normalized spacial score (nSPS) is 16.1. The van der Waals surface area contributed by atoms with Gasteiger partial charge >= 0.3 is 6.18 Å². The molecule has 1 aromatic carbocycles. The predicted molar refractivity (Wildman–Crippen MR) is 106 cm³/mol. The molecule has 11 heteroatoms. The minimum absolute atomic E-state index is 0.0543. The lowest BCUT2D eigenvalue weighted by atomic mass is 10.2. The highest BCUT2D eigenvalue weighted by Gasteiger charge is 2.35. The van der Waals surface area contributed by atoms with E-state index in [9.17, 15) is 31.5 Å².